The maximum atomic E-state index is 13.4. The number of hydrogen-bond acceptors (Lipinski definition) is 4. The highest BCUT2D eigenvalue weighted by Crippen LogP contribution is 2.34. The number of anilines is 1. The topological polar surface area (TPSA) is 47.4 Å². The van der Waals surface area contributed by atoms with Gasteiger partial charge in [-0.2, -0.15) is 9.78 Å². The number of halogens is 3. The van der Waals surface area contributed by atoms with Crippen molar-refractivity contribution in [2.45, 2.75) is 26.7 Å². The van der Waals surface area contributed by atoms with E-state index in [9.17, 15) is 18.0 Å². The minimum absolute atomic E-state index is 0.0587. The van der Waals surface area contributed by atoms with Gasteiger partial charge in [-0.05, 0) is 30.5 Å². The van der Waals surface area contributed by atoms with E-state index in [4.69, 9.17) is 4.74 Å². The van der Waals surface area contributed by atoms with E-state index in [1.807, 2.05) is 31.2 Å². The Kier molecular flexibility index (Phi) is 4.28. The number of ether oxygens (including phenoxy) is 1. The monoisotopic (exact) mass is 351 g/mol. The van der Waals surface area contributed by atoms with Crippen molar-refractivity contribution in [3.05, 3.63) is 53.4 Å². The fourth-order valence-electron chi connectivity index (χ4n) is 2.79. The zero-order chi connectivity index (χ0) is 18.2. The summed E-state index contributed by atoms with van der Waals surface area (Å²) in [7, 11) is 0. The molecule has 0 saturated heterocycles. The molecular weight excluding hydrogens is 335 g/mol. The van der Waals surface area contributed by atoms with Crippen LogP contribution in [-0.2, 0) is 17.6 Å². The normalized spacial score (nSPS) is 14.1. The van der Waals surface area contributed by atoms with Gasteiger partial charge < -0.3 is 9.64 Å². The lowest BCUT2D eigenvalue weighted by Crippen LogP contribution is -2.28. The summed E-state index contributed by atoms with van der Waals surface area (Å²) in [5.74, 6) is -1.12. The number of carbonyl (C=O) groups is 1. The predicted molar refractivity (Wildman–Crippen MR) is 85.8 cm³/mol. The molecule has 0 unspecified atom stereocenters. The van der Waals surface area contributed by atoms with Crippen molar-refractivity contribution in [3.8, 4) is 0 Å². The van der Waals surface area contributed by atoms with Crippen LogP contribution in [0.25, 0.3) is 5.57 Å². The molecule has 8 heteroatoms. The quantitative estimate of drug-likeness (QED) is 0.787. The van der Waals surface area contributed by atoms with E-state index in [1.54, 1.807) is 13.1 Å². The summed E-state index contributed by atoms with van der Waals surface area (Å²) in [4.78, 5) is 13.2. The van der Waals surface area contributed by atoms with Gasteiger partial charge in [-0.15, -0.1) is 13.2 Å². The van der Waals surface area contributed by atoms with Gasteiger partial charge in [-0.25, -0.2) is 4.79 Å². The number of fused-ring (bicyclic) bond motifs is 1. The van der Waals surface area contributed by atoms with Crippen LogP contribution in [0.4, 0.5) is 19.0 Å². The van der Waals surface area contributed by atoms with Crippen LogP contribution >= 0.6 is 0 Å². The van der Waals surface area contributed by atoms with Crippen molar-refractivity contribution in [1.82, 2.24) is 9.78 Å². The zero-order valence-corrected chi connectivity index (χ0v) is 13.7. The number of alkyl halides is 3. The number of benzene rings is 1. The largest absolute Gasteiger partial charge is 0.506 e. The Morgan fingerprint density at radius 3 is 2.72 bits per heavy atom. The van der Waals surface area contributed by atoms with Crippen LogP contribution < -0.4 is 4.90 Å². The smallest absolute Gasteiger partial charge is 0.461 e. The standard InChI is InChI=1S/C17H16F3N3O2/c1-3-25-16(24)14-8-15(23(21-14)17(18,19)20)22-9-11(2)13-7-5-4-6-12(13)10-22/h4-9H,3,10H2,1-2H3. The molecule has 0 bridgehead atoms. The number of aromatic nitrogens is 2. The number of allylic oxidation sites excluding steroid dienone is 1. The van der Waals surface area contributed by atoms with Crippen molar-refractivity contribution in [3.63, 3.8) is 0 Å². The molecule has 0 radical (unpaired) electrons. The number of esters is 1. The molecule has 132 valence electrons. The Labute approximate surface area is 142 Å². The van der Waals surface area contributed by atoms with Gasteiger partial charge in [0, 0.05) is 18.8 Å². The third kappa shape index (κ3) is 3.24. The maximum Gasteiger partial charge on any atom is 0.506 e. The molecule has 0 aliphatic carbocycles. The van der Waals surface area contributed by atoms with E-state index in [2.05, 4.69) is 5.10 Å². The van der Waals surface area contributed by atoms with Crippen molar-refractivity contribution in [1.29, 1.82) is 0 Å². The number of hydrogen-bond donors (Lipinski definition) is 0. The van der Waals surface area contributed by atoms with Crippen LogP contribution in [0.15, 0.2) is 36.5 Å². The first-order chi connectivity index (χ1) is 11.8. The molecule has 3 rings (SSSR count). The number of nitrogens with zero attached hydrogens (tertiary/aromatic N) is 3. The first-order valence-corrected chi connectivity index (χ1v) is 7.69. The average molecular weight is 351 g/mol. The first kappa shape index (κ1) is 17.1. The van der Waals surface area contributed by atoms with Crippen molar-refractivity contribution >= 4 is 17.4 Å². The van der Waals surface area contributed by atoms with Crippen LogP contribution in [0.2, 0.25) is 0 Å². The summed E-state index contributed by atoms with van der Waals surface area (Å²) in [5, 5.41) is 3.40. The van der Waals surface area contributed by atoms with Crippen LogP contribution in [0, 0.1) is 0 Å². The third-order valence-corrected chi connectivity index (χ3v) is 3.84. The molecule has 0 atom stereocenters. The summed E-state index contributed by atoms with van der Waals surface area (Å²) in [5.41, 5.74) is 2.34. The Bertz CT molecular complexity index is 840. The summed E-state index contributed by atoms with van der Waals surface area (Å²) in [6.07, 6.45) is -3.13. The molecule has 0 saturated carbocycles. The molecule has 1 aromatic carbocycles. The third-order valence-electron chi connectivity index (χ3n) is 3.84. The minimum Gasteiger partial charge on any atom is -0.461 e. The van der Waals surface area contributed by atoms with Gasteiger partial charge in [0.1, 0.15) is 5.82 Å². The maximum absolute atomic E-state index is 13.4. The van der Waals surface area contributed by atoms with E-state index in [0.29, 0.717) is 0 Å². The molecule has 1 aromatic heterocycles. The first-order valence-electron chi connectivity index (χ1n) is 7.69. The van der Waals surface area contributed by atoms with Gasteiger partial charge >= 0.3 is 12.3 Å². The summed E-state index contributed by atoms with van der Waals surface area (Å²) >= 11 is 0. The van der Waals surface area contributed by atoms with Crippen LogP contribution in [0.3, 0.4) is 0 Å². The summed E-state index contributed by atoms with van der Waals surface area (Å²) < 4.78 is 44.7. The lowest BCUT2D eigenvalue weighted by Gasteiger charge is -2.28. The van der Waals surface area contributed by atoms with Crippen LogP contribution in [0.1, 0.15) is 35.5 Å². The molecular formula is C17H16F3N3O2. The van der Waals surface area contributed by atoms with Gasteiger partial charge in [-0.1, -0.05) is 24.3 Å². The molecule has 0 N–H and O–H groups in total. The molecule has 5 nitrogen and oxygen atoms in total. The van der Waals surface area contributed by atoms with Gasteiger partial charge in [0.2, 0.25) is 0 Å². The van der Waals surface area contributed by atoms with E-state index in [-0.39, 0.29) is 29.3 Å². The summed E-state index contributed by atoms with van der Waals surface area (Å²) in [6.45, 7) is 3.71. The van der Waals surface area contributed by atoms with Gasteiger partial charge in [0.25, 0.3) is 0 Å². The van der Waals surface area contributed by atoms with Crippen molar-refractivity contribution in [2.75, 3.05) is 11.5 Å². The molecule has 2 aromatic rings. The molecule has 25 heavy (non-hydrogen) atoms. The van der Waals surface area contributed by atoms with E-state index < -0.39 is 12.3 Å². The number of carbonyl (C=O) groups excluding carboxylic acids is 1. The molecule has 1 aliphatic rings. The van der Waals surface area contributed by atoms with Gasteiger partial charge in [-0.3, -0.25) is 0 Å². The lowest BCUT2D eigenvalue weighted by molar-refractivity contribution is -0.211. The minimum atomic E-state index is -4.75. The predicted octanol–water partition coefficient (Wildman–Crippen LogP) is 3.92. The second-order valence-corrected chi connectivity index (χ2v) is 5.59. The Morgan fingerprint density at radius 1 is 1.32 bits per heavy atom. The molecule has 0 amide bonds. The van der Waals surface area contributed by atoms with Crippen LogP contribution in [-0.4, -0.2) is 22.4 Å². The average Bonchev–Trinajstić information content (AvgIpc) is 3.01. The fraction of sp³-hybridized carbons (Fsp3) is 0.294. The highest BCUT2D eigenvalue weighted by Gasteiger charge is 2.37. The van der Waals surface area contributed by atoms with E-state index in [0.717, 1.165) is 22.8 Å². The SMILES string of the molecule is CCOC(=O)c1cc(N2C=C(C)c3ccccc3C2)n(C(F)(F)F)n1. The highest BCUT2D eigenvalue weighted by molar-refractivity contribution is 5.88. The van der Waals surface area contributed by atoms with Gasteiger partial charge in [0.05, 0.1) is 6.61 Å². The van der Waals surface area contributed by atoms with E-state index in [1.165, 1.54) is 4.90 Å². The Balaban J connectivity index is 2.05. The van der Waals surface area contributed by atoms with Crippen LogP contribution in [0.5, 0.6) is 0 Å². The Morgan fingerprint density at radius 2 is 2.04 bits per heavy atom. The molecule has 0 spiro atoms. The Hall–Kier alpha value is -2.77. The zero-order valence-electron chi connectivity index (χ0n) is 13.7. The van der Waals surface area contributed by atoms with E-state index >= 15 is 0 Å². The second-order valence-electron chi connectivity index (χ2n) is 5.59. The van der Waals surface area contributed by atoms with Crippen molar-refractivity contribution in [2.24, 2.45) is 0 Å². The fourth-order valence-corrected chi connectivity index (χ4v) is 2.79. The second kappa shape index (κ2) is 6.27. The van der Waals surface area contributed by atoms with Crippen molar-refractivity contribution < 1.29 is 22.7 Å². The molecule has 1 aliphatic heterocycles. The number of rotatable bonds is 3. The highest BCUT2D eigenvalue weighted by atomic mass is 19.4. The lowest BCUT2D eigenvalue weighted by atomic mass is 9.98. The summed E-state index contributed by atoms with van der Waals surface area (Å²) in [6, 6.07) is 8.59. The molecule has 2 heterocycles. The van der Waals surface area contributed by atoms with Gasteiger partial charge in [0.15, 0.2) is 5.69 Å². The molecule has 0 fully saturated rings.